The van der Waals surface area contributed by atoms with Crippen molar-refractivity contribution < 1.29 is 18.3 Å². The molecule has 3 heterocycles. The highest BCUT2D eigenvalue weighted by Crippen LogP contribution is 2.46. The van der Waals surface area contributed by atoms with E-state index >= 15 is 4.39 Å². The van der Waals surface area contributed by atoms with Gasteiger partial charge in [0, 0.05) is 29.9 Å². The number of nitrogens with zero attached hydrogens (tertiary/aromatic N) is 4. The first kappa shape index (κ1) is 25.1. The number of benzene rings is 1. The van der Waals surface area contributed by atoms with Crippen molar-refractivity contribution >= 4 is 45.4 Å². The van der Waals surface area contributed by atoms with E-state index in [4.69, 9.17) is 16.2 Å². The van der Waals surface area contributed by atoms with Crippen LogP contribution in [0.5, 0.6) is 5.88 Å². The van der Waals surface area contributed by atoms with Gasteiger partial charge in [-0.15, -0.1) is 5.92 Å². The lowest BCUT2D eigenvalue weighted by molar-refractivity contribution is -0.120. The van der Waals surface area contributed by atoms with Crippen LogP contribution in [0.15, 0.2) is 35.6 Å². The highest BCUT2D eigenvalue weighted by molar-refractivity contribution is 8.15. The Bertz CT molecular complexity index is 1460. The molecule has 0 spiro atoms. The number of halogens is 2. The van der Waals surface area contributed by atoms with Crippen molar-refractivity contribution in [2.24, 2.45) is 16.5 Å². The summed E-state index contributed by atoms with van der Waals surface area (Å²) in [5.74, 6) is 3.22. The van der Waals surface area contributed by atoms with Gasteiger partial charge in [0.05, 0.1) is 17.3 Å². The van der Waals surface area contributed by atoms with Gasteiger partial charge in [0.15, 0.2) is 29.2 Å². The third-order valence-corrected chi connectivity index (χ3v) is 6.76. The van der Waals surface area contributed by atoms with Crippen molar-refractivity contribution in [1.29, 1.82) is 0 Å². The Kier molecular flexibility index (Phi) is 6.69. The zero-order valence-electron chi connectivity index (χ0n) is 19.7. The number of amidine groups is 1. The van der Waals surface area contributed by atoms with Crippen LogP contribution in [0, 0.1) is 23.5 Å². The normalized spacial score (nSPS) is 21.3. The molecule has 0 aliphatic carbocycles. The molecule has 1 amide bonds. The molecule has 0 bridgehead atoms. The molecule has 1 aromatic carbocycles. The molecule has 4 rings (SSSR count). The third kappa shape index (κ3) is 4.87. The van der Waals surface area contributed by atoms with Crippen LogP contribution in [0.1, 0.15) is 32.8 Å². The molecule has 0 saturated heterocycles. The van der Waals surface area contributed by atoms with Crippen LogP contribution in [-0.2, 0) is 10.3 Å². The number of ether oxygens (including phenoxy) is 1. The fraction of sp³-hybridized carbons (Fsp3) is 0.292. The number of carbonyl (C=O) groups is 1. The Balaban J connectivity index is 1.72. The number of hydrogen-bond donors (Lipinski definition) is 3. The number of carbonyl (C=O) groups excluding carboxylic acids is 1. The molecular formula is C24H23F2N7O2S. The maximum absolute atomic E-state index is 15.1. The van der Waals surface area contributed by atoms with Gasteiger partial charge in [-0.05, 0) is 32.9 Å². The number of pyridine rings is 1. The predicted octanol–water partition coefficient (Wildman–Crippen LogP) is 3.36. The number of thioether (sulfide) groups is 1. The number of hydrogen-bond acceptors (Lipinski definition) is 9. The largest absolute Gasteiger partial charge is 0.463 e. The standard InChI is InChI=1S/C24H23F2N7O2S/c1-4-5-8-35-17-11-30-19-16(32-17)6-7-29-20(19)31-13-9-14(18(26)15(25)10-13)23(2)12-24(3,21(27)34)36-22(28)33-23/h6-7,9-11H,8,12H2,1-3H3,(H2,27,34)(H2,28,33)(H,29,31)/t23-,24+/m0/s1. The molecule has 12 heteroatoms. The van der Waals surface area contributed by atoms with Crippen LogP contribution in [0.4, 0.5) is 20.3 Å². The predicted molar refractivity (Wildman–Crippen MR) is 135 cm³/mol. The van der Waals surface area contributed by atoms with Gasteiger partial charge in [-0.25, -0.2) is 23.7 Å². The highest BCUT2D eigenvalue weighted by atomic mass is 32.2. The SMILES string of the molecule is CC#CCOc1cnc2c(Nc3cc(F)c(F)c([C@]4(C)C[C@](C)(C(N)=O)SC(N)=N4)c3)nccc2n1. The molecule has 0 radical (unpaired) electrons. The maximum Gasteiger partial charge on any atom is 0.233 e. The molecular weight excluding hydrogens is 488 g/mol. The summed E-state index contributed by atoms with van der Waals surface area (Å²) >= 11 is 0.998. The summed E-state index contributed by atoms with van der Waals surface area (Å²) in [7, 11) is 0. The van der Waals surface area contributed by atoms with Gasteiger partial charge in [-0.3, -0.25) is 9.79 Å². The second-order valence-electron chi connectivity index (χ2n) is 8.49. The number of aliphatic imine (C=N–C) groups is 1. The number of aromatic nitrogens is 3. The van der Waals surface area contributed by atoms with Gasteiger partial charge in [0.2, 0.25) is 11.8 Å². The van der Waals surface area contributed by atoms with Gasteiger partial charge in [-0.1, -0.05) is 17.7 Å². The highest BCUT2D eigenvalue weighted by Gasteiger charge is 2.47. The van der Waals surface area contributed by atoms with Crippen molar-refractivity contribution in [3.63, 3.8) is 0 Å². The van der Waals surface area contributed by atoms with Crippen molar-refractivity contribution in [3.05, 3.63) is 47.8 Å². The molecule has 2 aromatic heterocycles. The first-order valence-electron chi connectivity index (χ1n) is 10.8. The molecule has 2 atom stereocenters. The van der Waals surface area contributed by atoms with Gasteiger partial charge in [-0.2, -0.15) is 0 Å². The summed E-state index contributed by atoms with van der Waals surface area (Å²) in [6, 6.07) is 4.04. The van der Waals surface area contributed by atoms with Crippen LogP contribution < -0.4 is 21.5 Å². The van der Waals surface area contributed by atoms with Crippen molar-refractivity contribution in [3.8, 4) is 17.7 Å². The molecule has 1 aliphatic heterocycles. The number of nitrogens with one attached hydrogen (secondary N) is 1. The van der Waals surface area contributed by atoms with Crippen molar-refractivity contribution in [2.75, 3.05) is 11.9 Å². The molecule has 186 valence electrons. The van der Waals surface area contributed by atoms with Gasteiger partial charge in [0.1, 0.15) is 10.3 Å². The number of fused-ring (bicyclic) bond motifs is 1. The molecule has 0 saturated carbocycles. The second-order valence-corrected chi connectivity index (χ2v) is 10.0. The van der Waals surface area contributed by atoms with Crippen LogP contribution in [0.2, 0.25) is 0 Å². The zero-order valence-corrected chi connectivity index (χ0v) is 20.5. The molecule has 5 N–H and O–H groups in total. The summed E-state index contributed by atoms with van der Waals surface area (Å²) in [5, 5.41) is 3.03. The number of amides is 1. The smallest absolute Gasteiger partial charge is 0.233 e. The van der Waals surface area contributed by atoms with Gasteiger partial charge >= 0.3 is 0 Å². The summed E-state index contributed by atoms with van der Waals surface area (Å²) < 4.78 is 34.1. The Hall–Kier alpha value is -3.98. The van der Waals surface area contributed by atoms with E-state index in [2.05, 4.69) is 37.1 Å². The number of rotatable bonds is 6. The van der Waals surface area contributed by atoms with E-state index in [1.54, 1.807) is 26.8 Å². The quantitative estimate of drug-likeness (QED) is 0.428. The molecule has 0 fully saturated rings. The minimum atomic E-state index is -1.35. The second kappa shape index (κ2) is 9.58. The van der Waals surface area contributed by atoms with E-state index in [1.165, 1.54) is 18.5 Å². The summed E-state index contributed by atoms with van der Waals surface area (Å²) in [5.41, 5.74) is 11.2. The first-order chi connectivity index (χ1) is 17.0. The van der Waals surface area contributed by atoms with Crippen LogP contribution in [0.3, 0.4) is 0 Å². The average Bonchev–Trinajstić information content (AvgIpc) is 2.80. The molecule has 9 nitrogen and oxygen atoms in total. The summed E-state index contributed by atoms with van der Waals surface area (Å²) in [6.07, 6.45) is 2.94. The average molecular weight is 512 g/mol. The minimum absolute atomic E-state index is 0.0176. The zero-order chi connectivity index (χ0) is 26.1. The van der Waals surface area contributed by atoms with Crippen molar-refractivity contribution in [2.45, 2.75) is 37.5 Å². The topological polar surface area (TPSA) is 141 Å². The van der Waals surface area contributed by atoms with E-state index in [0.717, 1.165) is 17.8 Å². The summed E-state index contributed by atoms with van der Waals surface area (Å²) in [4.78, 5) is 29.5. The summed E-state index contributed by atoms with van der Waals surface area (Å²) in [6.45, 7) is 5.05. The third-order valence-electron chi connectivity index (χ3n) is 5.67. The molecule has 36 heavy (non-hydrogen) atoms. The molecule has 3 aromatic rings. The van der Waals surface area contributed by atoms with E-state index in [9.17, 15) is 9.18 Å². The fourth-order valence-electron chi connectivity index (χ4n) is 3.98. The van der Waals surface area contributed by atoms with Gasteiger partial charge in [0.25, 0.3) is 0 Å². The Morgan fingerprint density at radius 1 is 1.31 bits per heavy atom. The molecule has 0 unspecified atom stereocenters. The van der Waals surface area contributed by atoms with E-state index in [-0.39, 0.29) is 41.1 Å². The van der Waals surface area contributed by atoms with Crippen LogP contribution in [-0.4, -0.2) is 37.4 Å². The lowest BCUT2D eigenvalue weighted by Gasteiger charge is -2.39. The lowest BCUT2D eigenvalue weighted by atomic mass is 9.82. The maximum atomic E-state index is 15.1. The Labute approximate surface area is 210 Å². The minimum Gasteiger partial charge on any atom is -0.463 e. The van der Waals surface area contributed by atoms with E-state index < -0.39 is 27.8 Å². The van der Waals surface area contributed by atoms with Crippen LogP contribution >= 0.6 is 11.8 Å². The van der Waals surface area contributed by atoms with Crippen LogP contribution in [0.25, 0.3) is 11.0 Å². The monoisotopic (exact) mass is 511 g/mol. The van der Waals surface area contributed by atoms with Crippen molar-refractivity contribution in [1.82, 2.24) is 15.0 Å². The Morgan fingerprint density at radius 3 is 2.81 bits per heavy atom. The number of nitrogens with two attached hydrogens (primary N) is 2. The lowest BCUT2D eigenvalue weighted by Crippen LogP contribution is -2.48. The number of primary amides is 1. The number of anilines is 2. The van der Waals surface area contributed by atoms with E-state index in [1.807, 2.05) is 0 Å². The molecule has 1 aliphatic rings. The fourth-order valence-corrected chi connectivity index (χ4v) is 5.15. The van der Waals surface area contributed by atoms with E-state index in [0.29, 0.717) is 11.0 Å². The van der Waals surface area contributed by atoms with Gasteiger partial charge < -0.3 is 21.5 Å². The first-order valence-corrected chi connectivity index (χ1v) is 11.6. The Morgan fingerprint density at radius 2 is 2.08 bits per heavy atom.